The van der Waals surface area contributed by atoms with Crippen LogP contribution in [0.1, 0.15) is 56.7 Å². The average molecular weight is 442 g/mol. The number of tetrazole rings is 1. The van der Waals surface area contributed by atoms with Gasteiger partial charge >= 0.3 is 5.97 Å². The molecule has 1 aliphatic rings. The van der Waals surface area contributed by atoms with Crippen LogP contribution >= 0.6 is 11.3 Å². The number of hydrogen-bond donors (Lipinski definition) is 1. The van der Waals surface area contributed by atoms with Crippen LogP contribution < -0.4 is 10.1 Å². The number of nitrogens with zero attached hydrogens (tertiary/aromatic N) is 4. The Labute approximate surface area is 183 Å². The van der Waals surface area contributed by atoms with Crippen LogP contribution in [0, 0.1) is 0 Å². The topological polar surface area (TPSA) is 108 Å². The molecule has 0 saturated heterocycles. The average Bonchev–Trinajstić information content (AvgIpc) is 3.41. The first-order valence-electron chi connectivity index (χ1n) is 10.1. The maximum absolute atomic E-state index is 12.8. The number of fused-ring (bicyclic) bond motifs is 1. The first-order valence-corrected chi connectivity index (χ1v) is 10.9. The van der Waals surface area contributed by atoms with Gasteiger partial charge in [0.2, 0.25) is 0 Å². The predicted molar refractivity (Wildman–Crippen MR) is 115 cm³/mol. The van der Waals surface area contributed by atoms with E-state index in [2.05, 4.69) is 20.8 Å². The number of hydrogen-bond acceptors (Lipinski definition) is 8. The summed E-state index contributed by atoms with van der Waals surface area (Å²) in [6.07, 6.45) is 3.88. The number of carbonyl (C=O) groups is 2. The summed E-state index contributed by atoms with van der Waals surface area (Å²) < 4.78 is 12.3. The van der Waals surface area contributed by atoms with Gasteiger partial charge in [-0.1, -0.05) is 0 Å². The molecule has 4 rings (SSSR count). The van der Waals surface area contributed by atoms with E-state index in [1.54, 1.807) is 28.9 Å². The van der Waals surface area contributed by atoms with Gasteiger partial charge in [-0.25, -0.2) is 9.48 Å². The Balaban J connectivity index is 1.45. The number of esters is 1. The molecular formula is C21H23N5O4S. The van der Waals surface area contributed by atoms with Crippen molar-refractivity contribution in [2.75, 3.05) is 12.4 Å². The molecule has 0 radical (unpaired) electrons. The highest BCUT2D eigenvalue weighted by Gasteiger charge is 2.27. The lowest BCUT2D eigenvalue weighted by atomic mass is 9.95. The lowest BCUT2D eigenvalue weighted by Gasteiger charge is -2.11. The first kappa shape index (κ1) is 21.0. The predicted octanol–water partition coefficient (Wildman–Crippen LogP) is 3.25. The van der Waals surface area contributed by atoms with Gasteiger partial charge < -0.3 is 14.8 Å². The molecule has 0 fully saturated rings. The minimum Gasteiger partial charge on any atom is -0.486 e. The van der Waals surface area contributed by atoms with E-state index in [0.717, 1.165) is 36.1 Å². The summed E-state index contributed by atoms with van der Waals surface area (Å²) in [5.74, 6) is 0.531. The largest absolute Gasteiger partial charge is 0.486 e. The Kier molecular flexibility index (Phi) is 6.26. The van der Waals surface area contributed by atoms with E-state index in [1.807, 2.05) is 6.92 Å². The van der Waals surface area contributed by atoms with Gasteiger partial charge in [0.1, 0.15) is 17.4 Å². The van der Waals surface area contributed by atoms with E-state index in [0.29, 0.717) is 34.2 Å². The summed E-state index contributed by atoms with van der Waals surface area (Å²) in [4.78, 5) is 26.3. The molecule has 1 N–H and O–H groups in total. The number of amides is 1. The van der Waals surface area contributed by atoms with E-state index in [4.69, 9.17) is 9.47 Å². The van der Waals surface area contributed by atoms with Gasteiger partial charge in [-0.15, -0.1) is 16.4 Å². The summed E-state index contributed by atoms with van der Waals surface area (Å²) in [5.41, 5.74) is 1.97. The number of methoxy groups -OCH3 is 1. The monoisotopic (exact) mass is 441 g/mol. The fourth-order valence-electron chi connectivity index (χ4n) is 3.57. The molecule has 31 heavy (non-hydrogen) atoms. The Morgan fingerprint density at radius 1 is 1.19 bits per heavy atom. The minimum atomic E-state index is -0.409. The van der Waals surface area contributed by atoms with Crippen LogP contribution in [0.5, 0.6) is 5.75 Å². The molecule has 1 aromatic carbocycles. The molecule has 2 heterocycles. The van der Waals surface area contributed by atoms with E-state index < -0.39 is 5.97 Å². The lowest BCUT2D eigenvalue weighted by Crippen LogP contribution is -2.15. The smallest absolute Gasteiger partial charge is 0.341 e. The van der Waals surface area contributed by atoms with Gasteiger partial charge in [-0.05, 0) is 72.9 Å². The normalized spacial score (nSPS) is 12.8. The van der Waals surface area contributed by atoms with Crippen molar-refractivity contribution < 1.29 is 19.1 Å². The maximum atomic E-state index is 12.8. The molecule has 1 amide bonds. The van der Waals surface area contributed by atoms with E-state index in [9.17, 15) is 9.59 Å². The lowest BCUT2D eigenvalue weighted by molar-refractivity contribution is 0.0601. The van der Waals surface area contributed by atoms with Crippen molar-refractivity contribution in [3.05, 3.63) is 51.7 Å². The summed E-state index contributed by atoms with van der Waals surface area (Å²) in [6, 6.07) is 6.79. The van der Waals surface area contributed by atoms with Crippen LogP contribution in [0.3, 0.4) is 0 Å². The van der Waals surface area contributed by atoms with Crippen LogP contribution in [0.4, 0.5) is 5.00 Å². The third-order valence-electron chi connectivity index (χ3n) is 5.18. The molecule has 0 saturated carbocycles. The maximum Gasteiger partial charge on any atom is 0.341 e. The van der Waals surface area contributed by atoms with Crippen molar-refractivity contribution in [2.24, 2.45) is 0 Å². The summed E-state index contributed by atoms with van der Waals surface area (Å²) >= 11 is 1.46. The molecule has 162 valence electrons. The number of ether oxygens (including phenoxy) is 2. The van der Waals surface area contributed by atoms with Crippen LogP contribution in [0.25, 0.3) is 0 Å². The highest BCUT2D eigenvalue weighted by molar-refractivity contribution is 7.17. The fourth-order valence-corrected chi connectivity index (χ4v) is 4.84. The van der Waals surface area contributed by atoms with E-state index in [-0.39, 0.29) is 12.5 Å². The van der Waals surface area contributed by atoms with Crippen molar-refractivity contribution >= 4 is 28.2 Å². The number of benzene rings is 1. The summed E-state index contributed by atoms with van der Waals surface area (Å²) in [7, 11) is 1.36. The van der Waals surface area contributed by atoms with Crippen molar-refractivity contribution in [2.45, 2.75) is 45.8 Å². The molecule has 1 aliphatic carbocycles. The zero-order valence-electron chi connectivity index (χ0n) is 17.4. The summed E-state index contributed by atoms with van der Waals surface area (Å²) in [6.45, 7) is 2.84. The minimum absolute atomic E-state index is 0.232. The number of nitrogens with one attached hydrogen (secondary N) is 1. The zero-order valence-corrected chi connectivity index (χ0v) is 18.2. The number of aromatic nitrogens is 4. The molecule has 0 aliphatic heterocycles. The molecule has 3 aromatic rings. The van der Waals surface area contributed by atoms with Crippen LogP contribution in [-0.4, -0.2) is 39.2 Å². The van der Waals surface area contributed by atoms with E-state index >= 15 is 0 Å². The van der Waals surface area contributed by atoms with Gasteiger partial charge in [-0.3, -0.25) is 4.79 Å². The van der Waals surface area contributed by atoms with Crippen LogP contribution in [-0.2, 0) is 30.7 Å². The highest BCUT2D eigenvalue weighted by Crippen LogP contribution is 2.38. The van der Waals surface area contributed by atoms with Crippen LogP contribution in [0.15, 0.2) is 24.3 Å². The second-order valence-electron chi connectivity index (χ2n) is 7.08. The number of carbonyl (C=O) groups excluding carboxylic acids is 2. The first-order chi connectivity index (χ1) is 15.1. The zero-order chi connectivity index (χ0) is 21.8. The van der Waals surface area contributed by atoms with Crippen LogP contribution in [0.2, 0.25) is 0 Å². The van der Waals surface area contributed by atoms with Crippen molar-refractivity contribution in [3.63, 3.8) is 0 Å². The third kappa shape index (κ3) is 4.43. The molecule has 0 unspecified atom stereocenters. The Bertz CT molecular complexity index is 1090. The van der Waals surface area contributed by atoms with Gasteiger partial charge in [0.25, 0.3) is 5.91 Å². The van der Waals surface area contributed by atoms with E-state index in [1.165, 1.54) is 18.4 Å². The second-order valence-corrected chi connectivity index (χ2v) is 8.19. The second kappa shape index (κ2) is 9.25. The molecule has 0 spiro atoms. The molecule has 2 aromatic heterocycles. The molecule has 9 nitrogen and oxygen atoms in total. The van der Waals surface area contributed by atoms with Gasteiger partial charge in [0, 0.05) is 17.0 Å². The van der Waals surface area contributed by atoms with Gasteiger partial charge in [-0.2, -0.15) is 0 Å². The quantitative estimate of drug-likeness (QED) is 0.561. The molecule has 0 atom stereocenters. The SMILES string of the molecule is CCn1nnnc1COc1ccc(C(=O)Nc2sc3c(c2C(=O)OC)CCCC3)cc1. The number of rotatable bonds is 7. The van der Waals surface area contributed by atoms with Crippen molar-refractivity contribution in [1.82, 2.24) is 20.2 Å². The number of thiophene rings is 1. The highest BCUT2D eigenvalue weighted by atomic mass is 32.1. The molecule has 10 heteroatoms. The van der Waals surface area contributed by atoms with Crippen molar-refractivity contribution in [1.29, 1.82) is 0 Å². The summed E-state index contributed by atoms with van der Waals surface area (Å²) in [5, 5.41) is 14.9. The molecule has 0 bridgehead atoms. The Morgan fingerprint density at radius 3 is 2.71 bits per heavy atom. The standard InChI is InChI=1S/C21H23N5O4S/c1-3-26-17(23-24-25-26)12-30-14-10-8-13(9-11-14)19(27)22-20-18(21(28)29-2)15-6-4-5-7-16(15)31-20/h8-11H,3-7,12H2,1-2H3,(H,22,27). The fraction of sp³-hybridized carbons (Fsp3) is 0.381. The van der Waals surface area contributed by atoms with Gasteiger partial charge in [0.15, 0.2) is 5.82 Å². The van der Waals surface area contributed by atoms with Crippen molar-refractivity contribution in [3.8, 4) is 5.75 Å². The van der Waals surface area contributed by atoms with Gasteiger partial charge in [0.05, 0.1) is 12.7 Å². The number of aryl methyl sites for hydroxylation is 2. The third-order valence-corrected chi connectivity index (χ3v) is 6.39. The Morgan fingerprint density at radius 2 is 1.97 bits per heavy atom. The number of anilines is 1. The molecular weight excluding hydrogens is 418 g/mol. The Hall–Kier alpha value is -3.27.